The van der Waals surface area contributed by atoms with E-state index in [1.807, 2.05) is 0 Å². The Kier molecular flexibility index (Phi) is 2.07. The van der Waals surface area contributed by atoms with Crippen LogP contribution in [0.15, 0.2) is 4.99 Å². The average Bonchev–Trinajstić information content (AvgIpc) is 2.46. The molecule has 2 atom stereocenters. The monoisotopic (exact) mass is 167 g/mol. The van der Waals surface area contributed by atoms with E-state index in [0.29, 0.717) is 18.1 Å². The molecule has 1 heterocycles. The minimum atomic E-state index is 0.427. The first-order valence-corrected chi connectivity index (χ1v) is 5.01. The second-order valence-corrected chi connectivity index (χ2v) is 4.13. The molecule has 12 heavy (non-hydrogen) atoms. The van der Waals surface area contributed by atoms with Crippen molar-refractivity contribution in [1.29, 1.82) is 0 Å². The summed E-state index contributed by atoms with van der Waals surface area (Å²) in [6.07, 6.45) is 5.53. The lowest BCUT2D eigenvalue weighted by Crippen LogP contribution is -2.26. The van der Waals surface area contributed by atoms with E-state index in [2.05, 4.69) is 18.8 Å². The van der Waals surface area contributed by atoms with Gasteiger partial charge in [-0.05, 0) is 19.3 Å². The van der Waals surface area contributed by atoms with Crippen LogP contribution in [0.1, 0.15) is 39.5 Å². The Balaban J connectivity index is 2.04. The SMILES string of the molecule is CC(C)C1=NC2CCCCC2O1. The molecule has 2 rings (SSSR count). The Morgan fingerprint density at radius 3 is 2.75 bits per heavy atom. The highest BCUT2D eigenvalue weighted by Gasteiger charge is 2.33. The van der Waals surface area contributed by atoms with Crippen LogP contribution in [-0.2, 0) is 4.74 Å². The van der Waals surface area contributed by atoms with Crippen LogP contribution in [0, 0.1) is 5.92 Å². The fraction of sp³-hybridized carbons (Fsp3) is 0.900. The van der Waals surface area contributed by atoms with Crippen LogP contribution < -0.4 is 0 Å². The van der Waals surface area contributed by atoms with E-state index in [-0.39, 0.29) is 0 Å². The zero-order valence-corrected chi connectivity index (χ0v) is 7.92. The second kappa shape index (κ2) is 3.08. The lowest BCUT2D eigenvalue weighted by Gasteiger charge is -2.22. The van der Waals surface area contributed by atoms with Crippen LogP contribution >= 0.6 is 0 Å². The normalized spacial score (nSPS) is 34.4. The number of aliphatic imine (C=N–C) groups is 1. The minimum Gasteiger partial charge on any atom is -0.475 e. The van der Waals surface area contributed by atoms with Crippen molar-refractivity contribution in [2.24, 2.45) is 10.9 Å². The first-order valence-electron chi connectivity index (χ1n) is 5.01. The van der Waals surface area contributed by atoms with Crippen LogP contribution in [0.5, 0.6) is 0 Å². The molecule has 0 saturated heterocycles. The topological polar surface area (TPSA) is 21.6 Å². The maximum absolute atomic E-state index is 5.78. The third-order valence-electron chi connectivity index (χ3n) is 2.73. The number of nitrogens with zero attached hydrogens (tertiary/aromatic N) is 1. The summed E-state index contributed by atoms with van der Waals surface area (Å²) in [5, 5.41) is 0. The highest BCUT2D eigenvalue weighted by molar-refractivity contribution is 5.79. The zero-order valence-electron chi connectivity index (χ0n) is 7.92. The van der Waals surface area contributed by atoms with E-state index in [9.17, 15) is 0 Å². The molecule has 0 spiro atoms. The van der Waals surface area contributed by atoms with E-state index >= 15 is 0 Å². The summed E-state index contributed by atoms with van der Waals surface area (Å²) in [5.74, 6) is 1.46. The standard InChI is InChI=1S/C10H17NO/c1-7(2)10-11-8-5-3-4-6-9(8)12-10/h7-9H,3-6H2,1-2H3. The van der Waals surface area contributed by atoms with Crippen LogP contribution in [0.2, 0.25) is 0 Å². The highest BCUT2D eigenvalue weighted by atomic mass is 16.5. The van der Waals surface area contributed by atoms with Crippen molar-refractivity contribution in [3.8, 4) is 0 Å². The number of hydrogen-bond acceptors (Lipinski definition) is 2. The Morgan fingerprint density at radius 1 is 1.33 bits per heavy atom. The van der Waals surface area contributed by atoms with Gasteiger partial charge in [0.2, 0.25) is 0 Å². The highest BCUT2D eigenvalue weighted by Crippen LogP contribution is 2.29. The van der Waals surface area contributed by atoms with Crippen LogP contribution in [0.25, 0.3) is 0 Å². The van der Waals surface area contributed by atoms with Crippen molar-refractivity contribution in [2.45, 2.75) is 51.7 Å². The summed E-state index contributed by atoms with van der Waals surface area (Å²) in [6.45, 7) is 4.30. The molecule has 2 aliphatic rings. The van der Waals surface area contributed by atoms with Crippen molar-refractivity contribution in [2.75, 3.05) is 0 Å². The fourth-order valence-electron chi connectivity index (χ4n) is 2.00. The van der Waals surface area contributed by atoms with Gasteiger partial charge in [0, 0.05) is 5.92 Å². The Hall–Kier alpha value is -0.530. The van der Waals surface area contributed by atoms with Gasteiger partial charge in [0.15, 0.2) is 5.90 Å². The van der Waals surface area contributed by atoms with Gasteiger partial charge < -0.3 is 4.74 Å². The quantitative estimate of drug-likeness (QED) is 0.587. The largest absolute Gasteiger partial charge is 0.475 e. The van der Waals surface area contributed by atoms with Gasteiger partial charge in [0.25, 0.3) is 0 Å². The Morgan fingerprint density at radius 2 is 2.08 bits per heavy atom. The molecule has 0 N–H and O–H groups in total. The predicted octanol–water partition coefficient (Wildman–Crippen LogP) is 2.38. The Labute approximate surface area is 74.0 Å². The van der Waals surface area contributed by atoms with Crippen LogP contribution in [0.4, 0.5) is 0 Å². The molecule has 0 aromatic rings. The van der Waals surface area contributed by atoms with Gasteiger partial charge in [-0.15, -0.1) is 0 Å². The second-order valence-electron chi connectivity index (χ2n) is 4.13. The molecule has 2 unspecified atom stereocenters. The molecule has 0 bridgehead atoms. The number of fused-ring (bicyclic) bond motifs is 1. The lowest BCUT2D eigenvalue weighted by molar-refractivity contribution is 0.146. The molecular weight excluding hydrogens is 150 g/mol. The van der Waals surface area contributed by atoms with Gasteiger partial charge in [-0.3, -0.25) is 0 Å². The molecule has 0 amide bonds. The van der Waals surface area contributed by atoms with Gasteiger partial charge in [0.05, 0.1) is 6.04 Å². The van der Waals surface area contributed by atoms with Crippen molar-refractivity contribution in [3.63, 3.8) is 0 Å². The molecule has 1 aliphatic carbocycles. The van der Waals surface area contributed by atoms with Crippen molar-refractivity contribution in [1.82, 2.24) is 0 Å². The Bertz CT molecular complexity index is 198. The molecule has 0 aromatic carbocycles. The van der Waals surface area contributed by atoms with Gasteiger partial charge in [-0.2, -0.15) is 0 Å². The third-order valence-corrected chi connectivity index (χ3v) is 2.73. The fourth-order valence-corrected chi connectivity index (χ4v) is 2.00. The maximum Gasteiger partial charge on any atom is 0.186 e. The first-order chi connectivity index (χ1) is 5.77. The van der Waals surface area contributed by atoms with Gasteiger partial charge in [-0.25, -0.2) is 4.99 Å². The maximum atomic E-state index is 5.78. The summed E-state index contributed by atoms with van der Waals surface area (Å²) < 4.78 is 5.78. The van der Waals surface area contributed by atoms with E-state index in [4.69, 9.17) is 4.74 Å². The summed E-state index contributed by atoms with van der Waals surface area (Å²) in [6, 6.07) is 0.496. The summed E-state index contributed by atoms with van der Waals surface area (Å²) in [4.78, 5) is 4.60. The number of hydrogen-bond donors (Lipinski definition) is 0. The molecule has 1 saturated carbocycles. The molecule has 1 aliphatic heterocycles. The van der Waals surface area contributed by atoms with Crippen molar-refractivity contribution < 1.29 is 4.74 Å². The van der Waals surface area contributed by atoms with E-state index in [1.165, 1.54) is 25.7 Å². The van der Waals surface area contributed by atoms with Gasteiger partial charge >= 0.3 is 0 Å². The van der Waals surface area contributed by atoms with Crippen molar-refractivity contribution >= 4 is 5.90 Å². The number of rotatable bonds is 1. The summed E-state index contributed by atoms with van der Waals surface area (Å²) >= 11 is 0. The van der Waals surface area contributed by atoms with E-state index < -0.39 is 0 Å². The minimum absolute atomic E-state index is 0.427. The van der Waals surface area contributed by atoms with Gasteiger partial charge in [-0.1, -0.05) is 20.3 Å². The summed E-state index contributed by atoms with van der Waals surface area (Å²) in [5.41, 5.74) is 0. The first kappa shape index (κ1) is 8.09. The lowest BCUT2D eigenvalue weighted by atomic mass is 9.94. The molecule has 68 valence electrons. The molecule has 0 radical (unpaired) electrons. The molecule has 2 heteroatoms. The molecule has 0 aromatic heterocycles. The van der Waals surface area contributed by atoms with Crippen LogP contribution in [-0.4, -0.2) is 18.0 Å². The smallest absolute Gasteiger partial charge is 0.186 e. The van der Waals surface area contributed by atoms with E-state index in [0.717, 1.165) is 5.90 Å². The molecular formula is C10H17NO. The van der Waals surface area contributed by atoms with E-state index in [1.54, 1.807) is 0 Å². The van der Waals surface area contributed by atoms with Crippen LogP contribution in [0.3, 0.4) is 0 Å². The summed E-state index contributed by atoms with van der Waals surface area (Å²) in [7, 11) is 0. The third kappa shape index (κ3) is 1.35. The zero-order chi connectivity index (χ0) is 8.55. The number of ether oxygens (including phenoxy) is 1. The van der Waals surface area contributed by atoms with Crippen molar-refractivity contribution in [3.05, 3.63) is 0 Å². The molecule has 2 nitrogen and oxygen atoms in total. The average molecular weight is 167 g/mol. The molecule has 1 fully saturated rings. The predicted molar refractivity (Wildman–Crippen MR) is 49.4 cm³/mol. The van der Waals surface area contributed by atoms with Gasteiger partial charge in [0.1, 0.15) is 6.10 Å².